The van der Waals surface area contributed by atoms with Crippen LogP contribution in [0.15, 0.2) is 58.3 Å². The zero-order chi connectivity index (χ0) is 24.5. The Kier molecular flexibility index (Phi) is 8.69. The molecule has 3 amide bonds. The maximum Gasteiger partial charge on any atom is 0.338 e. The number of esters is 2. The lowest BCUT2D eigenvalue weighted by molar-refractivity contribution is -0.143. The van der Waals surface area contributed by atoms with Gasteiger partial charge in [0.25, 0.3) is 5.91 Å². The Bertz CT molecular complexity index is 1060. The molecule has 0 saturated heterocycles. The molecule has 180 valence electrons. The molecule has 0 bridgehead atoms. The quantitative estimate of drug-likeness (QED) is 0.345. The van der Waals surface area contributed by atoms with Crippen molar-refractivity contribution in [3.05, 3.63) is 70.3 Å². The van der Waals surface area contributed by atoms with Gasteiger partial charge in [0.1, 0.15) is 18.4 Å². The summed E-state index contributed by atoms with van der Waals surface area (Å²) < 4.78 is 15.7. The molecule has 11 heteroatoms. The number of furan rings is 1. The van der Waals surface area contributed by atoms with Crippen LogP contribution in [0.3, 0.4) is 0 Å². The van der Waals surface area contributed by atoms with E-state index in [1.807, 2.05) is 0 Å². The number of carbonyl (C=O) groups excluding carboxylic acids is 4. The molecule has 2 aromatic rings. The van der Waals surface area contributed by atoms with Crippen molar-refractivity contribution in [2.24, 2.45) is 0 Å². The highest BCUT2D eigenvalue weighted by Crippen LogP contribution is 2.28. The lowest BCUT2D eigenvalue weighted by Crippen LogP contribution is -2.47. The van der Waals surface area contributed by atoms with Crippen LogP contribution >= 0.6 is 11.6 Å². The summed E-state index contributed by atoms with van der Waals surface area (Å²) in [7, 11) is 0. The molecule has 0 aliphatic carbocycles. The third kappa shape index (κ3) is 6.61. The standard InChI is InChI=1S/C23H24ClN3O7/c1-2-32-22(30)19-16(26-23(31)27-20(19)17-5-4-12-33-17)13-34-18(28)6-3-11-25-21(29)14-7-9-15(24)10-8-14/h4-5,7-10,12,20H,2-3,6,11,13H2,1H3,(H,25,29)(H2,26,27,31). The van der Waals surface area contributed by atoms with E-state index >= 15 is 0 Å². The summed E-state index contributed by atoms with van der Waals surface area (Å²) in [5, 5.41) is 8.34. The molecule has 10 nitrogen and oxygen atoms in total. The fraction of sp³-hybridized carbons (Fsp3) is 0.304. The Morgan fingerprint density at radius 3 is 2.59 bits per heavy atom. The first kappa shape index (κ1) is 24.8. The molecule has 1 aromatic carbocycles. The zero-order valence-corrected chi connectivity index (χ0v) is 19.1. The highest BCUT2D eigenvalue weighted by molar-refractivity contribution is 6.30. The number of urea groups is 1. The molecule has 0 radical (unpaired) electrons. The number of hydrogen-bond acceptors (Lipinski definition) is 7. The summed E-state index contributed by atoms with van der Waals surface area (Å²) in [5.41, 5.74) is 0.644. The van der Waals surface area contributed by atoms with Gasteiger partial charge >= 0.3 is 18.0 Å². The van der Waals surface area contributed by atoms with Crippen LogP contribution in [-0.4, -0.2) is 43.6 Å². The minimum atomic E-state index is -0.889. The number of carbonyl (C=O) groups is 4. The van der Waals surface area contributed by atoms with Crippen LogP contribution in [0.1, 0.15) is 41.9 Å². The van der Waals surface area contributed by atoms with Gasteiger partial charge in [-0.2, -0.15) is 0 Å². The fourth-order valence-electron chi connectivity index (χ4n) is 3.21. The Morgan fingerprint density at radius 2 is 1.91 bits per heavy atom. The Balaban J connectivity index is 1.55. The Morgan fingerprint density at radius 1 is 1.15 bits per heavy atom. The fourth-order valence-corrected chi connectivity index (χ4v) is 3.34. The zero-order valence-electron chi connectivity index (χ0n) is 18.4. The predicted octanol–water partition coefficient (Wildman–Crippen LogP) is 2.86. The molecule has 2 heterocycles. The Labute approximate surface area is 200 Å². The molecule has 34 heavy (non-hydrogen) atoms. The van der Waals surface area contributed by atoms with E-state index < -0.39 is 24.0 Å². The van der Waals surface area contributed by atoms with E-state index in [0.717, 1.165) is 0 Å². The molecule has 1 atom stereocenters. The van der Waals surface area contributed by atoms with Crippen LogP contribution in [-0.2, 0) is 19.1 Å². The third-order valence-electron chi connectivity index (χ3n) is 4.80. The number of halogens is 1. The highest BCUT2D eigenvalue weighted by atomic mass is 35.5. The van der Waals surface area contributed by atoms with E-state index in [2.05, 4.69) is 16.0 Å². The van der Waals surface area contributed by atoms with Gasteiger partial charge in [0, 0.05) is 23.6 Å². The van der Waals surface area contributed by atoms with Crippen molar-refractivity contribution in [1.29, 1.82) is 0 Å². The van der Waals surface area contributed by atoms with Crippen molar-refractivity contribution in [1.82, 2.24) is 16.0 Å². The molecule has 0 saturated carbocycles. The van der Waals surface area contributed by atoms with Crippen molar-refractivity contribution in [3.8, 4) is 0 Å². The molecule has 1 unspecified atom stereocenters. The van der Waals surface area contributed by atoms with Gasteiger partial charge in [-0.25, -0.2) is 9.59 Å². The van der Waals surface area contributed by atoms with Gasteiger partial charge in [-0.05, 0) is 49.7 Å². The summed E-state index contributed by atoms with van der Waals surface area (Å²) in [6.07, 6.45) is 1.78. The molecule has 3 rings (SSSR count). The topological polar surface area (TPSA) is 136 Å². The van der Waals surface area contributed by atoms with Gasteiger partial charge in [-0.15, -0.1) is 0 Å². The largest absolute Gasteiger partial charge is 0.467 e. The average molecular weight is 490 g/mol. The van der Waals surface area contributed by atoms with Gasteiger partial charge in [-0.1, -0.05) is 11.6 Å². The van der Waals surface area contributed by atoms with Gasteiger partial charge in [-0.3, -0.25) is 9.59 Å². The van der Waals surface area contributed by atoms with Crippen LogP contribution in [0.25, 0.3) is 0 Å². The van der Waals surface area contributed by atoms with Gasteiger partial charge in [0.15, 0.2) is 0 Å². The van der Waals surface area contributed by atoms with Gasteiger partial charge in [0.05, 0.1) is 24.1 Å². The smallest absolute Gasteiger partial charge is 0.338 e. The minimum Gasteiger partial charge on any atom is -0.467 e. The second-order valence-corrected chi connectivity index (χ2v) is 7.62. The maximum atomic E-state index is 12.6. The first-order valence-electron chi connectivity index (χ1n) is 10.6. The van der Waals surface area contributed by atoms with E-state index in [4.69, 9.17) is 25.5 Å². The van der Waals surface area contributed by atoms with Crippen LogP contribution < -0.4 is 16.0 Å². The number of hydrogen-bond donors (Lipinski definition) is 3. The predicted molar refractivity (Wildman–Crippen MR) is 121 cm³/mol. The lowest BCUT2D eigenvalue weighted by atomic mass is 10.0. The number of amides is 3. The van der Waals surface area contributed by atoms with Gasteiger partial charge < -0.3 is 29.8 Å². The number of rotatable bonds is 10. The number of ether oxygens (including phenoxy) is 2. The van der Waals surface area contributed by atoms with Crippen LogP contribution in [0.2, 0.25) is 5.02 Å². The summed E-state index contributed by atoms with van der Waals surface area (Å²) in [6.45, 7) is 1.69. The van der Waals surface area contributed by atoms with E-state index in [1.54, 1.807) is 43.3 Å². The van der Waals surface area contributed by atoms with Crippen LogP contribution in [0.5, 0.6) is 0 Å². The molecule has 3 N–H and O–H groups in total. The van der Waals surface area contributed by atoms with Crippen molar-refractivity contribution >= 4 is 35.5 Å². The summed E-state index contributed by atoms with van der Waals surface area (Å²) in [4.78, 5) is 49.0. The second kappa shape index (κ2) is 11.9. The van der Waals surface area contributed by atoms with Crippen molar-refractivity contribution in [3.63, 3.8) is 0 Å². The molecular weight excluding hydrogens is 466 g/mol. The molecule has 1 aromatic heterocycles. The monoisotopic (exact) mass is 489 g/mol. The van der Waals surface area contributed by atoms with Crippen molar-refractivity contribution in [2.75, 3.05) is 19.8 Å². The molecule has 1 aliphatic heterocycles. The number of benzene rings is 1. The van der Waals surface area contributed by atoms with E-state index in [-0.39, 0.29) is 43.4 Å². The first-order valence-corrected chi connectivity index (χ1v) is 11.0. The number of nitrogens with one attached hydrogen (secondary N) is 3. The second-order valence-electron chi connectivity index (χ2n) is 7.19. The third-order valence-corrected chi connectivity index (χ3v) is 5.06. The molecular formula is C23H24ClN3O7. The molecule has 0 spiro atoms. The summed E-state index contributed by atoms with van der Waals surface area (Å²) in [5.74, 6) is -1.18. The molecule has 0 fully saturated rings. The van der Waals surface area contributed by atoms with E-state index in [0.29, 0.717) is 22.8 Å². The van der Waals surface area contributed by atoms with E-state index in [9.17, 15) is 19.2 Å². The molecule has 1 aliphatic rings. The summed E-state index contributed by atoms with van der Waals surface area (Å²) >= 11 is 5.80. The Hall–Kier alpha value is -3.79. The highest BCUT2D eigenvalue weighted by Gasteiger charge is 2.35. The first-order chi connectivity index (χ1) is 16.4. The van der Waals surface area contributed by atoms with Gasteiger partial charge in [0.2, 0.25) is 0 Å². The summed E-state index contributed by atoms with van der Waals surface area (Å²) in [6, 6.07) is 8.19. The van der Waals surface area contributed by atoms with Crippen molar-refractivity contribution < 1.29 is 33.1 Å². The van der Waals surface area contributed by atoms with E-state index in [1.165, 1.54) is 6.26 Å². The average Bonchev–Trinajstić information content (AvgIpc) is 3.35. The van der Waals surface area contributed by atoms with Crippen molar-refractivity contribution in [2.45, 2.75) is 25.8 Å². The van der Waals surface area contributed by atoms with Crippen LogP contribution in [0.4, 0.5) is 4.79 Å². The SMILES string of the molecule is CCOC(=O)C1=C(COC(=O)CCCNC(=O)c2ccc(Cl)cc2)NC(=O)NC1c1ccco1. The normalized spacial score (nSPS) is 15.2. The maximum absolute atomic E-state index is 12.6. The minimum absolute atomic E-state index is 0.0245. The van der Waals surface area contributed by atoms with Crippen LogP contribution in [0, 0.1) is 0 Å². The lowest BCUT2D eigenvalue weighted by Gasteiger charge is -2.27.